The molecule has 1 heterocycles. The van der Waals surface area contributed by atoms with Crippen LogP contribution in [0.1, 0.15) is 32.4 Å². The Balaban J connectivity index is 2.25. The summed E-state index contributed by atoms with van der Waals surface area (Å²) in [6.07, 6.45) is -0.640. The largest absolute Gasteiger partial charge is 0.443 e. The number of carbonyl (C=O) groups excluding carboxylic acids is 1. The maximum Gasteiger partial charge on any atom is 0.424 e. The van der Waals surface area contributed by atoms with Gasteiger partial charge in [0.15, 0.2) is 0 Å². The fraction of sp³-hybridized carbons (Fsp3) is 0.462. The molecule has 1 amide bonds. The van der Waals surface area contributed by atoms with Crippen LogP contribution < -0.4 is 0 Å². The van der Waals surface area contributed by atoms with Crippen molar-refractivity contribution in [2.24, 2.45) is 0 Å². The fourth-order valence-electron chi connectivity index (χ4n) is 1.79. The highest BCUT2D eigenvalue weighted by molar-refractivity contribution is 9.10. The molecule has 1 aromatic carbocycles. The Morgan fingerprint density at radius 3 is 2.80 bits per heavy atom. The molecular weight excluding hydrogens is 346 g/mol. The van der Waals surface area contributed by atoms with Crippen molar-refractivity contribution in [2.75, 3.05) is 6.61 Å². The zero-order chi connectivity index (χ0) is 14.9. The van der Waals surface area contributed by atoms with Gasteiger partial charge in [0, 0.05) is 4.47 Å². The van der Waals surface area contributed by atoms with Gasteiger partial charge < -0.3 is 4.74 Å². The number of benzene rings is 1. The van der Waals surface area contributed by atoms with E-state index in [1.54, 1.807) is 20.8 Å². The summed E-state index contributed by atoms with van der Waals surface area (Å²) in [6, 6.07) is 7.05. The summed E-state index contributed by atoms with van der Waals surface area (Å²) in [7, 11) is 0. The first-order chi connectivity index (χ1) is 9.28. The van der Waals surface area contributed by atoms with Crippen LogP contribution in [-0.4, -0.2) is 26.8 Å². The summed E-state index contributed by atoms with van der Waals surface area (Å²) in [6.45, 7) is 5.47. The summed E-state index contributed by atoms with van der Waals surface area (Å²) in [5.74, 6) is 0. The maximum absolute atomic E-state index is 12.2. The molecule has 1 aromatic rings. The summed E-state index contributed by atoms with van der Waals surface area (Å²) >= 11 is 1.56. The minimum atomic E-state index is -1.82. The van der Waals surface area contributed by atoms with Crippen molar-refractivity contribution < 1.29 is 17.9 Å². The highest BCUT2D eigenvalue weighted by atomic mass is 79.9. The van der Waals surface area contributed by atoms with E-state index in [4.69, 9.17) is 8.92 Å². The van der Waals surface area contributed by atoms with Gasteiger partial charge in [-0.05, 0) is 38.5 Å². The van der Waals surface area contributed by atoms with E-state index in [-0.39, 0.29) is 6.61 Å². The zero-order valence-corrected chi connectivity index (χ0v) is 13.9. The van der Waals surface area contributed by atoms with Gasteiger partial charge in [0.2, 0.25) is 0 Å². The van der Waals surface area contributed by atoms with Crippen LogP contribution in [0, 0.1) is 0 Å². The lowest BCUT2D eigenvalue weighted by atomic mass is 10.1. The Morgan fingerprint density at radius 1 is 1.50 bits per heavy atom. The molecule has 0 spiro atoms. The van der Waals surface area contributed by atoms with Crippen molar-refractivity contribution in [2.45, 2.75) is 32.4 Å². The van der Waals surface area contributed by atoms with Gasteiger partial charge in [0.25, 0.3) is 11.3 Å². The third-order valence-corrected chi connectivity index (χ3v) is 4.13. The molecule has 0 saturated carbocycles. The van der Waals surface area contributed by atoms with Crippen molar-refractivity contribution in [3.05, 3.63) is 34.3 Å². The molecule has 5 nitrogen and oxygen atoms in total. The second-order valence-electron chi connectivity index (χ2n) is 5.38. The van der Waals surface area contributed by atoms with Crippen LogP contribution in [0.2, 0.25) is 0 Å². The number of ether oxygens (including phenoxy) is 1. The minimum absolute atomic E-state index is 0.183. The normalized spacial score (nSPS) is 22.9. The molecule has 0 radical (unpaired) electrons. The van der Waals surface area contributed by atoms with E-state index in [1.807, 2.05) is 24.3 Å². The molecule has 0 aromatic heterocycles. The molecule has 1 aliphatic heterocycles. The number of halogens is 1. The summed E-state index contributed by atoms with van der Waals surface area (Å²) in [5, 5.41) is 0. The van der Waals surface area contributed by atoms with Crippen molar-refractivity contribution in [1.82, 2.24) is 4.31 Å². The molecule has 110 valence electrons. The predicted molar refractivity (Wildman–Crippen MR) is 79.1 cm³/mol. The van der Waals surface area contributed by atoms with Crippen molar-refractivity contribution in [1.29, 1.82) is 0 Å². The van der Waals surface area contributed by atoms with Crippen LogP contribution >= 0.6 is 15.9 Å². The molecule has 20 heavy (non-hydrogen) atoms. The Labute approximate surface area is 129 Å². The summed E-state index contributed by atoms with van der Waals surface area (Å²) in [5.41, 5.74) is 0.196. The zero-order valence-electron chi connectivity index (χ0n) is 11.5. The molecule has 1 unspecified atom stereocenters. The Kier molecular flexibility index (Phi) is 4.51. The molecule has 1 fully saturated rings. The standard InChI is InChI=1S/C13H16BrNO4S/c1-13(2,3)19-12(16)15-11(8-18-20(15)17)9-5-4-6-10(14)7-9/h4-7,11H,8H2,1-3H3/t11-,20?/m0/s1. The molecule has 0 N–H and O–H groups in total. The number of amides is 1. The lowest BCUT2D eigenvalue weighted by molar-refractivity contribution is 0.0361. The third kappa shape index (κ3) is 3.59. The van der Waals surface area contributed by atoms with E-state index >= 15 is 0 Å². The lowest BCUT2D eigenvalue weighted by Gasteiger charge is -2.25. The summed E-state index contributed by atoms with van der Waals surface area (Å²) < 4.78 is 24.3. The van der Waals surface area contributed by atoms with Gasteiger partial charge in [-0.15, -0.1) is 0 Å². The van der Waals surface area contributed by atoms with Crippen LogP contribution in [0.3, 0.4) is 0 Å². The first-order valence-corrected chi connectivity index (χ1v) is 7.93. The van der Waals surface area contributed by atoms with Crippen LogP contribution in [-0.2, 0) is 20.2 Å². The number of nitrogens with zero attached hydrogens (tertiary/aromatic N) is 1. The van der Waals surface area contributed by atoms with Crippen molar-refractivity contribution >= 4 is 33.3 Å². The average molecular weight is 362 g/mol. The Morgan fingerprint density at radius 2 is 2.20 bits per heavy atom. The second-order valence-corrected chi connectivity index (χ2v) is 7.36. The van der Waals surface area contributed by atoms with Crippen LogP contribution in [0.15, 0.2) is 28.7 Å². The lowest BCUT2D eigenvalue weighted by Crippen LogP contribution is -2.37. The van der Waals surface area contributed by atoms with Crippen molar-refractivity contribution in [3.8, 4) is 0 Å². The van der Waals surface area contributed by atoms with E-state index in [0.29, 0.717) is 0 Å². The predicted octanol–water partition coefficient (Wildman–Crippen LogP) is 3.34. The van der Waals surface area contributed by atoms with E-state index in [0.717, 1.165) is 14.3 Å². The SMILES string of the molecule is CC(C)(C)OC(=O)N1[C@H](c2cccc(Br)c2)COS1=O. The first kappa shape index (κ1) is 15.5. The van der Waals surface area contributed by atoms with Gasteiger partial charge in [0.05, 0.1) is 6.61 Å². The second kappa shape index (κ2) is 5.83. The summed E-state index contributed by atoms with van der Waals surface area (Å²) in [4.78, 5) is 12.2. The quantitative estimate of drug-likeness (QED) is 0.769. The van der Waals surface area contributed by atoms with Gasteiger partial charge in [-0.2, -0.15) is 4.31 Å². The molecule has 1 aliphatic rings. The maximum atomic E-state index is 12.2. The van der Waals surface area contributed by atoms with Gasteiger partial charge in [-0.1, -0.05) is 28.1 Å². The number of hydrogen-bond donors (Lipinski definition) is 0. The molecule has 2 atom stereocenters. The molecule has 1 saturated heterocycles. The minimum Gasteiger partial charge on any atom is -0.443 e. The van der Waals surface area contributed by atoms with Crippen LogP contribution in [0.4, 0.5) is 4.79 Å². The Bertz CT molecular complexity index is 543. The Hall–Kier alpha value is -0.920. The highest BCUT2D eigenvalue weighted by Gasteiger charge is 2.40. The molecule has 7 heteroatoms. The molecule has 0 aliphatic carbocycles. The van der Waals surface area contributed by atoms with Crippen LogP contribution in [0.25, 0.3) is 0 Å². The van der Waals surface area contributed by atoms with Crippen molar-refractivity contribution in [3.63, 3.8) is 0 Å². The highest BCUT2D eigenvalue weighted by Crippen LogP contribution is 2.32. The van der Waals surface area contributed by atoms with Gasteiger partial charge >= 0.3 is 6.09 Å². The third-order valence-electron chi connectivity index (χ3n) is 2.58. The smallest absolute Gasteiger partial charge is 0.424 e. The van der Waals surface area contributed by atoms with E-state index < -0.39 is 29.0 Å². The van der Waals surface area contributed by atoms with Crippen LogP contribution in [0.5, 0.6) is 0 Å². The van der Waals surface area contributed by atoms with E-state index in [9.17, 15) is 9.00 Å². The number of carbonyl (C=O) groups is 1. The molecular formula is C13H16BrNO4S. The molecule has 0 bridgehead atoms. The van der Waals surface area contributed by atoms with Gasteiger partial charge in [-0.25, -0.2) is 9.00 Å². The topological polar surface area (TPSA) is 55.8 Å². The van der Waals surface area contributed by atoms with E-state index in [2.05, 4.69) is 15.9 Å². The monoisotopic (exact) mass is 361 g/mol. The van der Waals surface area contributed by atoms with E-state index in [1.165, 1.54) is 0 Å². The average Bonchev–Trinajstić information content (AvgIpc) is 2.69. The molecule has 2 rings (SSSR count). The van der Waals surface area contributed by atoms with Gasteiger partial charge in [-0.3, -0.25) is 4.18 Å². The number of rotatable bonds is 1. The number of hydrogen-bond acceptors (Lipinski definition) is 4. The fourth-order valence-corrected chi connectivity index (χ4v) is 3.12. The van der Waals surface area contributed by atoms with Gasteiger partial charge in [0.1, 0.15) is 11.6 Å². The first-order valence-electron chi connectivity index (χ1n) is 6.11.